The number of nitrogens with zero attached hydrogens (tertiary/aromatic N) is 2. The van der Waals surface area contributed by atoms with Crippen LogP contribution in [0.1, 0.15) is 40.5 Å². The molecular formula is C15H29N3O2. The Bertz CT molecular complexity index is 344. The summed E-state index contributed by atoms with van der Waals surface area (Å²) in [5, 5.41) is 0. The molecule has 1 saturated heterocycles. The van der Waals surface area contributed by atoms with Gasteiger partial charge in [-0.15, -0.1) is 0 Å². The van der Waals surface area contributed by atoms with E-state index in [0.717, 1.165) is 39.0 Å². The predicted molar refractivity (Wildman–Crippen MR) is 80.0 cm³/mol. The molecule has 1 aliphatic rings. The van der Waals surface area contributed by atoms with Crippen molar-refractivity contribution in [3.63, 3.8) is 0 Å². The van der Waals surface area contributed by atoms with Crippen molar-refractivity contribution in [2.45, 2.75) is 46.6 Å². The van der Waals surface area contributed by atoms with Crippen molar-refractivity contribution < 1.29 is 9.59 Å². The molecule has 1 aliphatic heterocycles. The Morgan fingerprint density at radius 3 is 2.55 bits per heavy atom. The second-order valence-corrected chi connectivity index (χ2v) is 6.12. The van der Waals surface area contributed by atoms with E-state index < -0.39 is 6.04 Å². The lowest BCUT2D eigenvalue weighted by molar-refractivity contribution is -0.135. The third-order valence-electron chi connectivity index (χ3n) is 4.14. The van der Waals surface area contributed by atoms with Crippen molar-refractivity contribution in [1.29, 1.82) is 0 Å². The Balaban J connectivity index is 2.58. The molecule has 0 bridgehead atoms. The van der Waals surface area contributed by atoms with Crippen LogP contribution in [0.5, 0.6) is 0 Å². The van der Waals surface area contributed by atoms with Gasteiger partial charge in [0.1, 0.15) is 0 Å². The van der Waals surface area contributed by atoms with Crippen molar-refractivity contribution in [1.82, 2.24) is 9.80 Å². The molecule has 0 aromatic heterocycles. The average molecular weight is 283 g/mol. The number of nitrogens with two attached hydrogens (primary N) is 1. The van der Waals surface area contributed by atoms with Gasteiger partial charge in [-0.3, -0.25) is 9.59 Å². The standard InChI is InChI=1S/C15H29N3O2/c1-5-17(12(4)19)9-13-7-6-8-18(10-13)15(20)14(16)11(2)3/h11,13-14H,5-10,16H2,1-4H3/t13-,14-/m0/s1. The number of hydrogen-bond donors (Lipinski definition) is 1. The quantitative estimate of drug-likeness (QED) is 0.821. The summed E-state index contributed by atoms with van der Waals surface area (Å²) < 4.78 is 0. The SMILES string of the molecule is CCN(C[C@@H]1CCCN(C(=O)[C@@H](N)C(C)C)C1)C(C)=O. The Morgan fingerprint density at radius 1 is 1.40 bits per heavy atom. The molecule has 2 N–H and O–H groups in total. The average Bonchev–Trinajstić information content (AvgIpc) is 2.42. The fraction of sp³-hybridized carbons (Fsp3) is 0.867. The van der Waals surface area contributed by atoms with E-state index in [4.69, 9.17) is 5.73 Å². The predicted octanol–water partition coefficient (Wildman–Crippen LogP) is 1.08. The third kappa shape index (κ3) is 4.47. The Morgan fingerprint density at radius 2 is 2.05 bits per heavy atom. The lowest BCUT2D eigenvalue weighted by Crippen LogP contribution is -2.51. The molecule has 2 amide bonds. The number of carbonyl (C=O) groups excluding carboxylic acids is 2. The van der Waals surface area contributed by atoms with Crippen molar-refractivity contribution >= 4 is 11.8 Å². The number of amides is 2. The van der Waals surface area contributed by atoms with Gasteiger partial charge in [0.25, 0.3) is 0 Å². The topological polar surface area (TPSA) is 66.6 Å². The van der Waals surface area contributed by atoms with Gasteiger partial charge in [-0.2, -0.15) is 0 Å². The molecule has 0 unspecified atom stereocenters. The van der Waals surface area contributed by atoms with Crippen LogP contribution in [-0.4, -0.2) is 53.8 Å². The highest BCUT2D eigenvalue weighted by atomic mass is 16.2. The van der Waals surface area contributed by atoms with Gasteiger partial charge in [0.15, 0.2) is 0 Å². The van der Waals surface area contributed by atoms with E-state index in [1.807, 2.05) is 30.6 Å². The van der Waals surface area contributed by atoms with Crippen LogP contribution in [0.4, 0.5) is 0 Å². The van der Waals surface area contributed by atoms with Crippen LogP contribution in [0.25, 0.3) is 0 Å². The molecule has 20 heavy (non-hydrogen) atoms. The summed E-state index contributed by atoms with van der Waals surface area (Å²) in [5.74, 6) is 0.688. The first-order chi connectivity index (χ1) is 9.36. The van der Waals surface area contributed by atoms with Crippen LogP contribution in [0, 0.1) is 11.8 Å². The molecule has 0 aliphatic carbocycles. The summed E-state index contributed by atoms with van der Waals surface area (Å²) in [4.78, 5) is 27.5. The molecule has 2 atom stereocenters. The van der Waals surface area contributed by atoms with E-state index in [1.165, 1.54) is 0 Å². The summed E-state index contributed by atoms with van der Waals surface area (Å²) in [6, 6.07) is -0.413. The van der Waals surface area contributed by atoms with Gasteiger partial charge in [-0.25, -0.2) is 0 Å². The van der Waals surface area contributed by atoms with Crippen LogP contribution < -0.4 is 5.73 Å². The van der Waals surface area contributed by atoms with Crippen LogP contribution in [0.2, 0.25) is 0 Å². The molecule has 0 radical (unpaired) electrons. The highest BCUT2D eigenvalue weighted by molar-refractivity contribution is 5.82. The number of piperidine rings is 1. The first-order valence-electron chi connectivity index (χ1n) is 7.66. The maximum Gasteiger partial charge on any atom is 0.239 e. The normalized spacial score (nSPS) is 20.9. The highest BCUT2D eigenvalue weighted by Crippen LogP contribution is 2.19. The van der Waals surface area contributed by atoms with Gasteiger partial charge in [-0.1, -0.05) is 13.8 Å². The van der Waals surface area contributed by atoms with Crippen LogP contribution >= 0.6 is 0 Å². The first kappa shape index (κ1) is 17.0. The number of carbonyl (C=O) groups is 2. The van der Waals surface area contributed by atoms with Crippen molar-refractivity contribution in [3.05, 3.63) is 0 Å². The van der Waals surface area contributed by atoms with E-state index in [2.05, 4.69) is 0 Å². The molecule has 1 fully saturated rings. The Hall–Kier alpha value is -1.10. The van der Waals surface area contributed by atoms with Gasteiger partial charge in [-0.05, 0) is 31.6 Å². The third-order valence-corrected chi connectivity index (χ3v) is 4.14. The molecule has 0 aromatic carbocycles. The second-order valence-electron chi connectivity index (χ2n) is 6.12. The molecular weight excluding hydrogens is 254 g/mol. The number of likely N-dealkylation sites (tertiary alicyclic amines) is 1. The summed E-state index contributed by atoms with van der Waals surface area (Å²) in [6.07, 6.45) is 2.07. The van der Waals surface area contributed by atoms with Gasteiger partial charge < -0.3 is 15.5 Å². The van der Waals surface area contributed by atoms with Crippen LogP contribution in [0.3, 0.4) is 0 Å². The van der Waals surface area contributed by atoms with E-state index in [1.54, 1.807) is 6.92 Å². The van der Waals surface area contributed by atoms with E-state index in [-0.39, 0.29) is 17.7 Å². The monoisotopic (exact) mass is 283 g/mol. The zero-order valence-electron chi connectivity index (χ0n) is 13.3. The van der Waals surface area contributed by atoms with Gasteiger partial charge in [0.05, 0.1) is 6.04 Å². The zero-order chi connectivity index (χ0) is 15.3. The number of rotatable bonds is 5. The fourth-order valence-corrected chi connectivity index (χ4v) is 2.70. The van der Waals surface area contributed by atoms with Gasteiger partial charge >= 0.3 is 0 Å². The maximum absolute atomic E-state index is 12.3. The molecule has 5 heteroatoms. The molecule has 0 aromatic rings. The molecule has 1 heterocycles. The minimum atomic E-state index is -0.413. The van der Waals surface area contributed by atoms with Crippen LogP contribution in [0.15, 0.2) is 0 Å². The smallest absolute Gasteiger partial charge is 0.239 e. The van der Waals surface area contributed by atoms with Crippen molar-refractivity contribution in [3.8, 4) is 0 Å². The molecule has 0 saturated carbocycles. The molecule has 1 rings (SSSR count). The van der Waals surface area contributed by atoms with Gasteiger partial charge in [0.2, 0.25) is 11.8 Å². The minimum Gasteiger partial charge on any atom is -0.343 e. The highest BCUT2D eigenvalue weighted by Gasteiger charge is 2.29. The van der Waals surface area contributed by atoms with Crippen molar-refractivity contribution in [2.75, 3.05) is 26.2 Å². The van der Waals surface area contributed by atoms with E-state index in [0.29, 0.717) is 5.92 Å². The largest absolute Gasteiger partial charge is 0.343 e. The summed E-state index contributed by atoms with van der Waals surface area (Å²) in [6.45, 7) is 10.5. The van der Waals surface area contributed by atoms with E-state index in [9.17, 15) is 9.59 Å². The van der Waals surface area contributed by atoms with Crippen molar-refractivity contribution in [2.24, 2.45) is 17.6 Å². The molecule has 116 valence electrons. The maximum atomic E-state index is 12.3. The number of hydrogen-bond acceptors (Lipinski definition) is 3. The second kappa shape index (κ2) is 7.62. The van der Waals surface area contributed by atoms with Crippen LogP contribution in [-0.2, 0) is 9.59 Å². The summed E-state index contributed by atoms with van der Waals surface area (Å²) >= 11 is 0. The van der Waals surface area contributed by atoms with Gasteiger partial charge in [0, 0.05) is 33.1 Å². The molecule has 0 spiro atoms. The first-order valence-corrected chi connectivity index (χ1v) is 7.66. The Labute approximate surface area is 122 Å². The summed E-state index contributed by atoms with van der Waals surface area (Å²) in [5.41, 5.74) is 5.96. The fourth-order valence-electron chi connectivity index (χ4n) is 2.70. The Kier molecular flexibility index (Phi) is 6.46. The molecule has 5 nitrogen and oxygen atoms in total. The lowest BCUT2D eigenvalue weighted by Gasteiger charge is -2.36. The lowest BCUT2D eigenvalue weighted by atomic mass is 9.95. The zero-order valence-corrected chi connectivity index (χ0v) is 13.3. The summed E-state index contributed by atoms with van der Waals surface area (Å²) in [7, 11) is 0. The van der Waals surface area contributed by atoms with E-state index >= 15 is 0 Å². The minimum absolute atomic E-state index is 0.0515.